The van der Waals surface area contributed by atoms with Crippen LogP contribution in [-0.4, -0.2) is 6.10 Å². The highest BCUT2D eigenvalue weighted by Gasteiger charge is 2.05. The van der Waals surface area contributed by atoms with Gasteiger partial charge in [0.25, 0.3) is 0 Å². The third-order valence-corrected chi connectivity index (χ3v) is 1.93. The molecule has 1 atom stereocenters. The first kappa shape index (κ1) is 13.8. The first-order chi connectivity index (χ1) is 6.80. The van der Waals surface area contributed by atoms with E-state index in [1.807, 2.05) is 31.2 Å². The largest absolute Gasteiger partial charge is 0.476 e. The zero-order chi connectivity index (χ0) is 10.4. The second-order valence-corrected chi connectivity index (χ2v) is 3.00. The van der Waals surface area contributed by atoms with Gasteiger partial charge in [0.2, 0.25) is 0 Å². The second kappa shape index (κ2) is 7.10. The molecule has 4 heteroatoms. The van der Waals surface area contributed by atoms with Crippen molar-refractivity contribution in [2.24, 2.45) is 5.73 Å². The van der Waals surface area contributed by atoms with E-state index in [0.717, 1.165) is 5.56 Å². The molecule has 1 aromatic rings. The van der Waals surface area contributed by atoms with Gasteiger partial charge < -0.3 is 10.5 Å². The number of benzene rings is 1. The number of nitrogens with zero attached hydrogens (tertiary/aromatic N) is 1. The standard InChI is InChI=1S/C11H14N2O.ClH/c1-2-10(8-13)14-11-5-3-4-9(6-11)7-12;/h3-6,10H,2,7,12H2,1H3;1H. The lowest BCUT2D eigenvalue weighted by Crippen LogP contribution is -2.12. The second-order valence-electron chi connectivity index (χ2n) is 3.00. The molecule has 0 aromatic heterocycles. The fourth-order valence-corrected chi connectivity index (χ4v) is 1.11. The minimum atomic E-state index is -0.372. The summed E-state index contributed by atoms with van der Waals surface area (Å²) in [6, 6.07) is 9.59. The Morgan fingerprint density at radius 3 is 2.80 bits per heavy atom. The number of hydrogen-bond acceptors (Lipinski definition) is 3. The molecule has 3 nitrogen and oxygen atoms in total. The minimum absolute atomic E-state index is 0. The molecule has 1 unspecified atom stereocenters. The van der Waals surface area contributed by atoms with E-state index < -0.39 is 0 Å². The summed E-state index contributed by atoms with van der Waals surface area (Å²) in [6.45, 7) is 2.40. The van der Waals surface area contributed by atoms with Crippen LogP contribution in [0.15, 0.2) is 24.3 Å². The lowest BCUT2D eigenvalue weighted by Gasteiger charge is -2.10. The number of nitrogens with two attached hydrogens (primary N) is 1. The Kier molecular flexibility index (Phi) is 6.52. The van der Waals surface area contributed by atoms with Crippen LogP contribution in [0.5, 0.6) is 5.75 Å². The molecule has 82 valence electrons. The van der Waals surface area contributed by atoms with Crippen molar-refractivity contribution in [1.82, 2.24) is 0 Å². The molecule has 15 heavy (non-hydrogen) atoms. The van der Waals surface area contributed by atoms with Crippen molar-refractivity contribution in [3.63, 3.8) is 0 Å². The normalized spacial score (nSPS) is 11.0. The molecule has 2 N–H and O–H groups in total. The number of nitriles is 1. The highest BCUT2D eigenvalue weighted by atomic mass is 35.5. The maximum atomic E-state index is 8.71. The minimum Gasteiger partial charge on any atom is -0.476 e. The van der Waals surface area contributed by atoms with Gasteiger partial charge in [-0.05, 0) is 24.1 Å². The van der Waals surface area contributed by atoms with Gasteiger partial charge in [-0.25, -0.2) is 0 Å². The third-order valence-electron chi connectivity index (χ3n) is 1.93. The van der Waals surface area contributed by atoms with Crippen LogP contribution in [0.3, 0.4) is 0 Å². The Morgan fingerprint density at radius 1 is 1.53 bits per heavy atom. The van der Waals surface area contributed by atoms with Gasteiger partial charge in [0.05, 0.1) is 0 Å². The van der Waals surface area contributed by atoms with Crippen LogP contribution >= 0.6 is 12.4 Å². The molecule has 0 fully saturated rings. The summed E-state index contributed by atoms with van der Waals surface area (Å²) in [5.41, 5.74) is 6.50. The SMILES string of the molecule is CCC(C#N)Oc1cccc(CN)c1.Cl. The van der Waals surface area contributed by atoms with Crippen molar-refractivity contribution < 1.29 is 4.74 Å². The lowest BCUT2D eigenvalue weighted by atomic mass is 10.2. The van der Waals surface area contributed by atoms with Crippen LogP contribution in [0.4, 0.5) is 0 Å². The molecule has 0 bridgehead atoms. The Bertz CT molecular complexity index is 336. The molecule has 0 heterocycles. The van der Waals surface area contributed by atoms with E-state index in [9.17, 15) is 0 Å². The van der Waals surface area contributed by atoms with Crippen molar-refractivity contribution >= 4 is 12.4 Å². The highest BCUT2D eigenvalue weighted by Crippen LogP contribution is 2.15. The van der Waals surface area contributed by atoms with E-state index in [-0.39, 0.29) is 18.5 Å². The Morgan fingerprint density at radius 2 is 2.27 bits per heavy atom. The predicted molar refractivity (Wildman–Crippen MR) is 61.9 cm³/mol. The summed E-state index contributed by atoms with van der Waals surface area (Å²) < 4.78 is 5.44. The molecule has 0 aliphatic rings. The average Bonchev–Trinajstić information content (AvgIpc) is 2.26. The van der Waals surface area contributed by atoms with Gasteiger partial charge in [-0.3, -0.25) is 0 Å². The smallest absolute Gasteiger partial charge is 0.184 e. The summed E-state index contributed by atoms with van der Waals surface area (Å²) in [5.74, 6) is 0.710. The molecule has 0 aliphatic carbocycles. The molecule has 0 saturated carbocycles. The number of ether oxygens (including phenoxy) is 1. The summed E-state index contributed by atoms with van der Waals surface area (Å²) in [6.07, 6.45) is 0.312. The molecule has 0 radical (unpaired) electrons. The number of halogens is 1. The van der Waals surface area contributed by atoms with Crippen LogP contribution in [0.2, 0.25) is 0 Å². The molecule has 0 saturated heterocycles. The van der Waals surface area contributed by atoms with Gasteiger partial charge in [0, 0.05) is 6.54 Å². The fraction of sp³-hybridized carbons (Fsp3) is 0.364. The van der Waals surface area contributed by atoms with Crippen molar-refractivity contribution in [1.29, 1.82) is 5.26 Å². The quantitative estimate of drug-likeness (QED) is 0.857. The Labute approximate surface area is 96.3 Å². The zero-order valence-corrected chi connectivity index (χ0v) is 9.46. The molecule has 0 amide bonds. The van der Waals surface area contributed by atoms with E-state index >= 15 is 0 Å². The fourth-order valence-electron chi connectivity index (χ4n) is 1.11. The monoisotopic (exact) mass is 226 g/mol. The van der Waals surface area contributed by atoms with Gasteiger partial charge in [0.1, 0.15) is 11.8 Å². The first-order valence-electron chi connectivity index (χ1n) is 4.65. The molecule has 0 aliphatic heterocycles. The van der Waals surface area contributed by atoms with Crippen LogP contribution < -0.4 is 10.5 Å². The van der Waals surface area contributed by atoms with Crippen LogP contribution in [0.25, 0.3) is 0 Å². The van der Waals surface area contributed by atoms with E-state index in [1.54, 1.807) is 0 Å². The summed E-state index contributed by atoms with van der Waals surface area (Å²) in [5, 5.41) is 8.71. The van der Waals surface area contributed by atoms with E-state index in [1.165, 1.54) is 0 Å². The Hall–Kier alpha value is -1.24. The van der Waals surface area contributed by atoms with Crippen LogP contribution in [0, 0.1) is 11.3 Å². The maximum absolute atomic E-state index is 8.71. The highest BCUT2D eigenvalue weighted by molar-refractivity contribution is 5.85. The number of rotatable bonds is 4. The molecular weight excluding hydrogens is 212 g/mol. The summed E-state index contributed by atoms with van der Waals surface area (Å²) in [4.78, 5) is 0. The van der Waals surface area contributed by atoms with Gasteiger partial charge in [-0.15, -0.1) is 12.4 Å². The zero-order valence-electron chi connectivity index (χ0n) is 8.64. The maximum Gasteiger partial charge on any atom is 0.184 e. The topological polar surface area (TPSA) is 59.0 Å². The van der Waals surface area contributed by atoms with Gasteiger partial charge in [0.15, 0.2) is 6.10 Å². The molecule has 1 rings (SSSR count). The van der Waals surface area contributed by atoms with E-state index in [2.05, 4.69) is 6.07 Å². The van der Waals surface area contributed by atoms with E-state index in [0.29, 0.717) is 18.7 Å². The average molecular weight is 227 g/mol. The summed E-state index contributed by atoms with van der Waals surface area (Å²) >= 11 is 0. The van der Waals surface area contributed by atoms with Gasteiger partial charge in [-0.2, -0.15) is 5.26 Å². The van der Waals surface area contributed by atoms with Crippen molar-refractivity contribution in [3.8, 4) is 11.8 Å². The van der Waals surface area contributed by atoms with Gasteiger partial charge >= 0.3 is 0 Å². The van der Waals surface area contributed by atoms with E-state index in [4.69, 9.17) is 15.7 Å². The molecule has 1 aromatic carbocycles. The van der Waals surface area contributed by atoms with Crippen molar-refractivity contribution in [2.45, 2.75) is 26.0 Å². The molecular formula is C11H15ClN2O. The number of hydrogen-bond donors (Lipinski definition) is 1. The first-order valence-corrected chi connectivity index (χ1v) is 4.65. The molecule has 0 spiro atoms. The summed E-state index contributed by atoms with van der Waals surface area (Å²) in [7, 11) is 0. The third kappa shape index (κ3) is 4.20. The lowest BCUT2D eigenvalue weighted by molar-refractivity contribution is 0.251. The van der Waals surface area contributed by atoms with Crippen LogP contribution in [-0.2, 0) is 6.54 Å². The Balaban J connectivity index is 0.00000196. The van der Waals surface area contributed by atoms with Crippen molar-refractivity contribution in [3.05, 3.63) is 29.8 Å². The van der Waals surface area contributed by atoms with Gasteiger partial charge in [-0.1, -0.05) is 19.1 Å². The predicted octanol–water partition coefficient (Wildman–Crippen LogP) is 2.25. The van der Waals surface area contributed by atoms with Crippen molar-refractivity contribution in [2.75, 3.05) is 0 Å². The van der Waals surface area contributed by atoms with Crippen LogP contribution in [0.1, 0.15) is 18.9 Å².